The number of rotatable bonds is 3. The number of hydrogen-bond acceptors (Lipinski definition) is 3. The van der Waals surface area contributed by atoms with Crippen molar-refractivity contribution in [1.29, 1.82) is 0 Å². The van der Waals surface area contributed by atoms with Gasteiger partial charge in [-0.05, 0) is 13.8 Å². The molecule has 0 spiro atoms. The van der Waals surface area contributed by atoms with Gasteiger partial charge in [0.1, 0.15) is 0 Å². The molecule has 0 heterocycles. The summed E-state index contributed by atoms with van der Waals surface area (Å²) in [5.41, 5.74) is 0. The molecule has 0 fully saturated rings. The van der Waals surface area contributed by atoms with Gasteiger partial charge in [0, 0.05) is 0 Å². The van der Waals surface area contributed by atoms with Crippen LogP contribution >= 0.6 is 0 Å². The van der Waals surface area contributed by atoms with Gasteiger partial charge in [-0.25, -0.2) is 4.79 Å². The molecule has 0 aromatic heterocycles. The van der Waals surface area contributed by atoms with Crippen molar-refractivity contribution < 1.29 is 14.6 Å². The zero-order valence-electron chi connectivity index (χ0n) is 5.88. The lowest BCUT2D eigenvalue weighted by Gasteiger charge is -2.03. The second-order valence-electron chi connectivity index (χ2n) is 1.84. The van der Waals surface area contributed by atoms with Crippen LogP contribution in [0.4, 0.5) is 0 Å². The van der Waals surface area contributed by atoms with Crippen LogP contribution in [0.15, 0.2) is 0 Å². The summed E-state index contributed by atoms with van der Waals surface area (Å²) in [4.78, 5) is 19.1. The SMILES string of the molecule is C[CH]C(=O)OOC(C)C. The number of carbonyl (C=O) groups is 1. The summed E-state index contributed by atoms with van der Waals surface area (Å²) in [6.45, 7) is 5.15. The lowest BCUT2D eigenvalue weighted by atomic mass is 10.5. The molecule has 0 aliphatic rings. The van der Waals surface area contributed by atoms with Gasteiger partial charge in [0.15, 0.2) is 0 Å². The average molecular weight is 131 g/mol. The minimum atomic E-state index is -0.455. The Morgan fingerprint density at radius 3 is 2.44 bits per heavy atom. The van der Waals surface area contributed by atoms with Gasteiger partial charge in [-0.15, -0.1) is 0 Å². The van der Waals surface area contributed by atoms with Gasteiger partial charge in [-0.2, -0.15) is 4.89 Å². The van der Waals surface area contributed by atoms with Crippen LogP contribution in [-0.2, 0) is 14.6 Å². The first-order valence-electron chi connectivity index (χ1n) is 2.83. The average Bonchev–Trinajstić information content (AvgIpc) is 1.83. The van der Waals surface area contributed by atoms with E-state index in [1.165, 1.54) is 6.42 Å². The number of carbonyl (C=O) groups excluding carboxylic acids is 1. The molecule has 53 valence electrons. The van der Waals surface area contributed by atoms with E-state index in [0.29, 0.717) is 0 Å². The van der Waals surface area contributed by atoms with Gasteiger partial charge in [0.2, 0.25) is 0 Å². The van der Waals surface area contributed by atoms with Crippen LogP contribution < -0.4 is 0 Å². The van der Waals surface area contributed by atoms with Crippen molar-refractivity contribution in [2.75, 3.05) is 0 Å². The first kappa shape index (κ1) is 8.43. The third-order valence-corrected chi connectivity index (χ3v) is 0.558. The highest BCUT2D eigenvalue weighted by atomic mass is 17.2. The fraction of sp³-hybridized carbons (Fsp3) is 0.667. The van der Waals surface area contributed by atoms with E-state index < -0.39 is 5.97 Å². The first-order valence-corrected chi connectivity index (χ1v) is 2.83. The van der Waals surface area contributed by atoms with E-state index in [2.05, 4.69) is 9.78 Å². The summed E-state index contributed by atoms with van der Waals surface area (Å²) in [5, 5.41) is 0. The molecular formula is C6H11O3. The summed E-state index contributed by atoms with van der Waals surface area (Å²) in [7, 11) is 0. The summed E-state index contributed by atoms with van der Waals surface area (Å²) in [5.74, 6) is -0.455. The molecule has 0 saturated heterocycles. The second-order valence-corrected chi connectivity index (χ2v) is 1.84. The van der Waals surface area contributed by atoms with Gasteiger partial charge >= 0.3 is 5.97 Å². The monoisotopic (exact) mass is 131 g/mol. The van der Waals surface area contributed by atoms with Crippen molar-refractivity contribution in [3.05, 3.63) is 6.42 Å². The van der Waals surface area contributed by atoms with E-state index in [4.69, 9.17) is 0 Å². The molecule has 3 nitrogen and oxygen atoms in total. The number of hydrogen-bond donors (Lipinski definition) is 0. The molecule has 0 aromatic rings. The van der Waals surface area contributed by atoms with Gasteiger partial charge in [0.25, 0.3) is 0 Å². The molecule has 0 aromatic carbocycles. The minimum Gasteiger partial charge on any atom is -0.298 e. The Morgan fingerprint density at radius 1 is 1.56 bits per heavy atom. The van der Waals surface area contributed by atoms with Crippen molar-refractivity contribution in [3.8, 4) is 0 Å². The van der Waals surface area contributed by atoms with Gasteiger partial charge in [-0.3, -0.25) is 4.89 Å². The molecule has 0 atom stereocenters. The van der Waals surface area contributed by atoms with E-state index in [1.807, 2.05) is 0 Å². The molecule has 0 unspecified atom stereocenters. The molecule has 1 radical (unpaired) electrons. The molecule has 0 bridgehead atoms. The lowest BCUT2D eigenvalue weighted by molar-refractivity contribution is -0.288. The van der Waals surface area contributed by atoms with Crippen molar-refractivity contribution in [3.63, 3.8) is 0 Å². The predicted molar refractivity (Wildman–Crippen MR) is 32.3 cm³/mol. The molecule has 0 saturated carbocycles. The van der Waals surface area contributed by atoms with Crippen LogP contribution in [0.1, 0.15) is 20.8 Å². The topological polar surface area (TPSA) is 35.5 Å². The smallest absolute Gasteiger partial charge is 0.298 e. The molecule has 0 amide bonds. The third-order valence-electron chi connectivity index (χ3n) is 0.558. The van der Waals surface area contributed by atoms with Crippen LogP contribution in [0.5, 0.6) is 0 Å². The lowest BCUT2D eigenvalue weighted by Crippen LogP contribution is -2.09. The molecule has 0 N–H and O–H groups in total. The highest BCUT2D eigenvalue weighted by Crippen LogP contribution is 1.90. The molecule has 0 rings (SSSR count). The molecule has 9 heavy (non-hydrogen) atoms. The summed E-state index contributed by atoms with van der Waals surface area (Å²) < 4.78 is 0. The Labute approximate surface area is 54.9 Å². The maximum Gasteiger partial charge on any atom is 0.345 e. The van der Waals surface area contributed by atoms with Crippen molar-refractivity contribution in [2.24, 2.45) is 0 Å². The highest BCUT2D eigenvalue weighted by molar-refractivity contribution is 5.77. The highest BCUT2D eigenvalue weighted by Gasteiger charge is 2.00. The zero-order valence-corrected chi connectivity index (χ0v) is 5.88. The van der Waals surface area contributed by atoms with Gasteiger partial charge in [0.05, 0.1) is 12.5 Å². The molecule has 3 heteroatoms. The standard InChI is InChI=1S/C6H11O3/c1-4-6(7)9-8-5(2)3/h4-5H,1-3H3. The Kier molecular flexibility index (Phi) is 4.05. The fourth-order valence-electron chi connectivity index (χ4n) is 0.192. The first-order chi connectivity index (χ1) is 4.16. The van der Waals surface area contributed by atoms with E-state index in [9.17, 15) is 4.79 Å². The van der Waals surface area contributed by atoms with Gasteiger partial charge < -0.3 is 0 Å². The van der Waals surface area contributed by atoms with Crippen molar-refractivity contribution in [1.82, 2.24) is 0 Å². The van der Waals surface area contributed by atoms with E-state index in [-0.39, 0.29) is 6.10 Å². The van der Waals surface area contributed by atoms with Crippen LogP contribution in [0.3, 0.4) is 0 Å². The van der Waals surface area contributed by atoms with Crippen molar-refractivity contribution in [2.45, 2.75) is 26.9 Å². The van der Waals surface area contributed by atoms with Crippen LogP contribution in [0.25, 0.3) is 0 Å². The van der Waals surface area contributed by atoms with E-state index in [1.54, 1.807) is 20.8 Å². The molecular weight excluding hydrogens is 120 g/mol. The summed E-state index contributed by atoms with van der Waals surface area (Å²) >= 11 is 0. The predicted octanol–water partition coefficient (Wildman–Crippen LogP) is 1.09. The minimum absolute atomic E-state index is 0.0751. The fourth-order valence-corrected chi connectivity index (χ4v) is 0.192. The Hall–Kier alpha value is -0.570. The maximum absolute atomic E-state index is 10.3. The zero-order chi connectivity index (χ0) is 7.28. The quantitative estimate of drug-likeness (QED) is 0.425. The van der Waals surface area contributed by atoms with Crippen molar-refractivity contribution >= 4 is 5.97 Å². The Morgan fingerprint density at radius 2 is 2.11 bits per heavy atom. The van der Waals surface area contributed by atoms with Crippen LogP contribution in [0, 0.1) is 6.42 Å². The maximum atomic E-state index is 10.3. The summed E-state index contributed by atoms with van der Waals surface area (Å²) in [6.07, 6.45) is 1.22. The molecule has 0 aliphatic heterocycles. The largest absolute Gasteiger partial charge is 0.345 e. The van der Waals surface area contributed by atoms with Gasteiger partial charge in [-0.1, -0.05) is 6.92 Å². The Balaban J connectivity index is 3.17. The normalized spacial score (nSPS) is 9.78. The second kappa shape index (κ2) is 4.32. The van der Waals surface area contributed by atoms with Crippen LogP contribution in [-0.4, -0.2) is 12.1 Å². The van der Waals surface area contributed by atoms with Crippen LogP contribution in [0.2, 0.25) is 0 Å². The van der Waals surface area contributed by atoms with E-state index >= 15 is 0 Å². The molecule has 0 aliphatic carbocycles. The summed E-state index contributed by atoms with van der Waals surface area (Å²) in [6, 6.07) is 0. The van der Waals surface area contributed by atoms with E-state index in [0.717, 1.165) is 0 Å². The third kappa shape index (κ3) is 5.30. The Bertz CT molecular complexity index is 88.3.